The summed E-state index contributed by atoms with van der Waals surface area (Å²) < 4.78 is 28.7. The van der Waals surface area contributed by atoms with Crippen LogP contribution in [-0.4, -0.2) is 54.1 Å². The van der Waals surface area contributed by atoms with Crippen LogP contribution in [0, 0.1) is 0 Å². The average Bonchev–Trinajstić information content (AvgIpc) is 3.27. The smallest absolute Gasteiger partial charge is 0.335 e. The number of rotatable bonds is 20. The Balaban J connectivity index is 1.67. The molecule has 0 spiro atoms. The predicted molar refractivity (Wildman–Crippen MR) is 187 cm³/mol. The van der Waals surface area contributed by atoms with Crippen LogP contribution in [0.3, 0.4) is 0 Å². The lowest BCUT2D eigenvalue weighted by Gasteiger charge is -2.18. The van der Waals surface area contributed by atoms with Crippen LogP contribution in [0.5, 0.6) is 0 Å². The van der Waals surface area contributed by atoms with Gasteiger partial charge in [0.15, 0.2) is 11.9 Å². The number of benzene rings is 2. The van der Waals surface area contributed by atoms with Gasteiger partial charge in [-0.3, -0.25) is 4.79 Å². The number of hydrogen-bond donors (Lipinski definition) is 4. The minimum Gasteiger partial charge on any atom is -0.478 e. The van der Waals surface area contributed by atoms with Crippen molar-refractivity contribution in [1.82, 2.24) is 4.72 Å². The number of carbonyl (C=O) groups is 3. The zero-order valence-corrected chi connectivity index (χ0v) is 29.3. The molecule has 15 heteroatoms. The molecule has 1 atom stereocenters. The first-order chi connectivity index (χ1) is 22.3. The highest BCUT2D eigenvalue weighted by atomic mass is 35.5. The third-order valence-corrected chi connectivity index (χ3v) is 9.86. The Morgan fingerprint density at radius 3 is 1.72 bits per heavy atom. The maximum absolute atomic E-state index is 13.6. The molecular weight excluding hydrogens is 691 g/mol. The highest BCUT2D eigenvalue weighted by Gasteiger charge is 2.41. The third-order valence-electron chi connectivity index (χ3n) is 7.64. The van der Waals surface area contributed by atoms with Crippen LogP contribution in [0.25, 0.3) is 0 Å². The van der Waals surface area contributed by atoms with Crippen molar-refractivity contribution in [3.63, 3.8) is 0 Å². The number of carboxylic acids is 2. The summed E-state index contributed by atoms with van der Waals surface area (Å²) in [5.74, 6) is -4.11. The van der Waals surface area contributed by atoms with Gasteiger partial charge in [0.1, 0.15) is 5.69 Å². The highest BCUT2D eigenvalue weighted by Crippen LogP contribution is 2.38. The molecule has 1 unspecified atom stereocenters. The van der Waals surface area contributed by atoms with E-state index in [-0.39, 0.29) is 49.2 Å². The minimum absolute atomic E-state index is 0.0320. The quantitative estimate of drug-likeness (QED) is 0.0990. The fourth-order valence-corrected chi connectivity index (χ4v) is 7.45. The van der Waals surface area contributed by atoms with Gasteiger partial charge < -0.3 is 15.5 Å². The SMILES string of the molecule is CCCCCCCCCCCCCCCS(=O)(=O)NC1C(=O)N(c2c(Cl)cc(Cl)cc2Cl)N=C1Nc1cc(C(=O)O)cc(C(=O)O)c1. The van der Waals surface area contributed by atoms with Gasteiger partial charge >= 0.3 is 11.9 Å². The van der Waals surface area contributed by atoms with E-state index in [4.69, 9.17) is 34.8 Å². The molecule has 0 bridgehead atoms. The minimum atomic E-state index is -4.01. The van der Waals surface area contributed by atoms with Gasteiger partial charge in [0.05, 0.1) is 26.9 Å². The van der Waals surface area contributed by atoms with Gasteiger partial charge in [-0.05, 0) is 36.8 Å². The van der Waals surface area contributed by atoms with Crippen LogP contribution < -0.4 is 15.0 Å². The molecule has 0 fully saturated rings. The van der Waals surface area contributed by atoms with Gasteiger partial charge in [-0.2, -0.15) is 9.73 Å². The number of unbranched alkanes of at least 4 members (excludes halogenated alkanes) is 12. The summed E-state index contributed by atoms with van der Waals surface area (Å²) in [5, 5.41) is 26.8. The molecular formula is C32H41Cl3N4O7S. The topological polar surface area (TPSA) is 165 Å². The molecule has 11 nitrogen and oxygen atoms in total. The van der Waals surface area contributed by atoms with E-state index in [0.717, 1.165) is 42.5 Å². The molecule has 0 saturated heterocycles. The van der Waals surface area contributed by atoms with Crippen LogP contribution in [0.15, 0.2) is 35.4 Å². The second-order valence-electron chi connectivity index (χ2n) is 11.5. The van der Waals surface area contributed by atoms with E-state index in [2.05, 4.69) is 22.1 Å². The largest absolute Gasteiger partial charge is 0.478 e. The summed E-state index contributed by atoms with van der Waals surface area (Å²) >= 11 is 18.7. The highest BCUT2D eigenvalue weighted by molar-refractivity contribution is 7.89. The summed E-state index contributed by atoms with van der Waals surface area (Å²) in [6.45, 7) is 2.21. The Bertz CT molecular complexity index is 1510. The molecule has 0 saturated carbocycles. The number of anilines is 2. The Kier molecular flexibility index (Phi) is 15.2. The summed E-state index contributed by atoms with van der Waals surface area (Å²) in [6, 6.07) is 4.32. The van der Waals surface area contributed by atoms with Crippen LogP contribution in [0.4, 0.5) is 11.4 Å². The number of aromatic carboxylic acids is 2. The van der Waals surface area contributed by atoms with Crippen molar-refractivity contribution >= 4 is 79.9 Å². The van der Waals surface area contributed by atoms with Crippen molar-refractivity contribution in [1.29, 1.82) is 0 Å². The van der Waals surface area contributed by atoms with E-state index in [1.54, 1.807) is 0 Å². The van der Waals surface area contributed by atoms with Crippen molar-refractivity contribution in [2.45, 2.75) is 96.4 Å². The first-order valence-corrected chi connectivity index (χ1v) is 18.6. The maximum atomic E-state index is 13.6. The molecule has 0 aliphatic carbocycles. The fourth-order valence-electron chi connectivity index (χ4n) is 5.20. The fraction of sp³-hybridized carbons (Fsp3) is 0.500. The number of carbonyl (C=O) groups excluding carboxylic acids is 1. The number of nitrogens with zero attached hydrogens (tertiary/aromatic N) is 2. The molecule has 0 aromatic heterocycles. The number of carboxylic acid groups (broad SMARTS) is 2. The van der Waals surface area contributed by atoms with Gasteiger partial charge in [-0.15, -0.1) is 5.10 Å². The summed E-state index contributed by atoms with van der Waals surface area (Å²) in [7, 11) is -4.01. The van der Waals surface area contributed by atoms with Gasteiger partial charge in [-0.25, -0.2) is 18.0 Å². The summed E-state index contributed by atoms with van der Waals surface area (Å²) in [6.07, 6.45) is 14.2. The average molecular weight is 732 g/mol. The Morgan fingerprint density at radius 1 is 0.787 bits per heavy atom. The molecule has 0 radical (unpaired) electrons. The molecule has 2 aromatic rings. The molecule has 1 amide bonds. The lowest BCUT2D eigenvalue weighted by Crippen LogP contribution is -2.49. The van der Waals surface area contributed by atoms with Crippen LogP contribution in [-0.2, 0) is 14.8 Å². The van der Waals surface area contributed by atoms with Crippen molar-refractivity contribution < 1.29 is 33.0 Å². The lowest BCUT2D eigenvalue weighted by molar-refractivity contribution is -0.118. The van der Waals surface area contributed by atoms with Crippen LogP contribution >= 0.6 is 34.8 Å². The van der Waals surface area contributed by atoms with Gasteiger partial charge in [0.2, 0.25) is 10.0 Å². The van der Waals surface area contributed by atoms with E-state index in [1.165, 1.54) is 63.5 Å². The second-order valence-corrected chi connectivity index (χ2v) is 14.6. The molecule has 3 rings (SSSR count). The first kappa shape index (κ1) is 38.5. The van der Waals surface area contributed by atoms with E-state index in [9.17, 15) is 33.0 Å². The molecule has 258 valence electrons. The zero-order chi connectivity index (χ0) is 34.6. The standard InChI is InChI=1S/C32H41Cl3N4O7S/c1-2-3-4-5-6-7-8-9-10-11-12-13-14-15-47(45,46)38-27-29(36-24-17-21(31(41)42)16-22(18-24)32(43)44)37-39(30(27)40)28-25(34)19-23(33)20-26(28)35/h16-20,27,38H,2-15H2,1H3,(H,36,37)(H,41,42)(H,43,44). The van der Waals surface area contributed by atoms with Crippen LogP contribution in [0.1, 0.15) is 111 Å². The van der Waals surface area contributed by atoms with Gasteiger partial charge in [-0.1, -0.05) is 119 Å². The number of nitrogens with one attached hydrogen (secondary N) is 2. The van der Waals surface area contributed by atoms with Crippen molar-refractivity contribution in [3.8, 4) is 0 Å². The summed E-state index contributed by atoms with van der Waals surface area (Å²) in [4.78, 5) is 36.9. The number of hydrazone groups is 1. The Morgan fingerprint density at radius 2 is 1.26 bits per heavy atom. The summed E-state index contributed by atoms with van der Waals surface area (Å²) in [5.41, 5.74) is -0.801. The van der Waals surface area contributed by atoms with E-state index in [0.29, 0.717) is 12.8 Å². The van der Waals surface area contributed by atoms with Crippen molar-refractivity contribution in [2.75, 3.05) is 16.1 Å². The van der Waals surface area contributed by atoms with E-state index < -0.39 is 33.9 Å². The van der Waals surface area contributed by atoms with Gasteiger partial charge in [0.25, 0.3) is 5.91 Å². The first-order valence-electron chi connectivity index (χ1n) is 15.8. The second kappa shape index (κ2) is 18.6. The molecule has 4 N–H and O–H groups in total. The molecule has 47 heavy (non-hydrogen) atoms. The third kappa shape index (κ3) is 11.9. The lowest BCUT2D eigenvalue weighted by atomic mass is 10.1. The molecule has 1 aliphatic rings. The Hall–Kier alpha value is -2.90. The van der Waals surface area contributed by atoms with E-state index in [1.807, 2.05) is 0 Å². The van der Waals surface area contributed by atoms with Gasteiger partial charge in [0, 0.05) is 10.7 Å². The molecule has 1 aliphatic heterocycles. The maximum Gasteiger partial charge on any atom is 0.335 e. The van der Waals surface area contributed by atoms with Crippen LogP contribution in [0.2, 0.25) is 15.1 Å². The zero-order valence-electron chi connectivity index (χ0n) is 26.2. The Labute approximate surface area is 290 Å². The monoisotopic (exact) mass is 730 g/mol. The van der Waals surface area contributed by atoms with Crippen molar-refractivity contribution in [2.24, 2.45) is 5.10 Å². The van der Waals surface area contributed by atoms with E-state index >= 15 is 0 Å². The number of amides is 1. The molecule has 2 aromatic carbocycles. The number of halogens is 3. The van der Waals surface area contributed by atoms with Crippen molar-refractivity contribution in [3.05, 3.63) is 56.5 Å². The number of amidine groups is 1. The number of hydrogen-bond acceptors (Lipinski definition) is 7. The molecule has 1 heterocycles. The normalized spacial score (nSPS) is 14.8. The predicted octanol–water partition coefficient (Wildman–Crippen LogP) is 8.19. The number of sulfonamides is 1.